The van der Waals surface area contributed by atoms with Gasteiger partial charge in [-0.05, 0) is 12.8 Å². The van der Waals surface area contributed by atoms with Gasteiger partial charge < -0.3 is 10.1 Å². The predicted molar refractivity (Wildman–Crippen MR) is 70.1 cm³/mol. The van der Waals surface area contributed by atoms with E-state index in [1.54, 1.807) is 0 Å². The molecule has 1 saturated carbocycles. The van der Waals surface area contributed by atoms with Gasteiger partial charge in [-0.25, -0.2) is 4.39 Å². The van der Waals surface area contributed by atoms with Crippen LogP contribution in [0.15, 0.2) is 12.1 Å². The molecule has 0 bridgehead atoms. The van der Waals surface area contributed by atoms with Crippen LogP contribution in [0.2, 0.25) is 0 Å². The molecule has 1 N–H and O–H groups in total. The van der Waals surface area contributed by atoms with Gasteiger partial charge in [0.15, 0.2) is 11.6 Å². The fourth-order valence-corrected chi connectivity index (χ4v) is 2.43. The maximum atomic E-state index is 13.9. The van der Waals surface area contributed by atoms with Crippen LogP contribution in [0.4, 0.5) is 15.8 Å². The number of anilines is 1. The summed E-state index contributed by atoms with van der Waals surface area (Å²) in [6.45, 7) is 0. The largest absolute Gasteiger partial charge is 0.490 e. The van der Waals surface area contributed by atoms with E-state index in [4.69, 9.17) is 4.74 Å². The van der Waals surface area contributed by atoms with Gasteiger partial charge >= 0.3 is 5.69 Å². The summed E-state index contributed by atoms with van der Waals surface area (Å²) >= 11 is 0. The monoisotopic (exact) mass is 268 g/mol. The predicted octanol–water partition coefficient (Wildman–Crippen LogP) is 3.49. The number of nitro benzene ring substituents is 1. The van der Waals surface area contributed by atoms with E-state index in [-0.39, 0.29) is 23.2 Å². The highest BCUT2D eigenvalue weighted by Gasteiger charge is 2.21. The molecule has 5 nitrogen and oxygen atoms in total. The zero-order valence-electron chi connectivity index (χ0n) is 10.8. The van der Waals surface area contributed by atoms with Crippen molar-refractivity contribution in [3.8, 4) is 5.75 Å². The maximum absolute atomic E-state index is 13.9. The molecule has 6 heteroatoms. The molecule has 1 aromatic carbocycles. The molecule has 0 atom stereocenters. The number of hydrogen-bond donors (Lipinski definition) is 1. The summed E-state index contributed by atoms with van der Waals surface area (Å²) < 4.78 is 18.8. The number of rotatable bonds is 4. The van der Waals surface area contributed by atoms with E-state index in [0.29, 0.717) is 0 Å². The highest BCUT2D eigenvalue weighted by Crippen LogP contribution is 2.33. The van der Waals surface area contributed by atoms with E-state index < -0.39 is 10.7 Å². The van der Waals surface area contributed by atoms with Crippen LogP contribution >= 0.6 is 0 Å². The molecule has 1 fully saturated rings. The lowest BCUT2D eigenvalue weighted by Gasteiger charge is -2.24. The fourth-order valence-electron chi connectivity index (χ4n) is 2.43. The molecule has 0 unspecified atom stereocenters. The lowest BCUT2D eigenvalue weighted by molar-refractivity contribution is -0.385. The van der Waals surface area contributed by atoms with Crippen molar-refractivity contribution in [2.24, 2.45) is 0 Å². The highest BCUT2D eigenvalue weighted by atomic mass is 19.1. The van der Waals surface area contributed by atoms with Gasteiger partial charge in [-0.3, -0.25) is 10.1 Å². The molecular formula is C13H17FN2O3. The van der Waals surface area contributed by atoms with Crippen molar-refractivity contribution in [2.45, 2.75) is 38.1 Å². The van der Waals surface area contributed by atoms with Crippen molar-refractivity contribution >= 4 is 11.4 Å². The third kappa shape index (κ3) is 3.13. The van der Waals surface area contributed by atoms with Crippen molar-refractivity contribution in [2.75, 3.05) is 12.4 Å². The summed E-state index contributed by atoms with van der Waals surface area (Å²) in [5, 5.41) is 13.9. The lowest BCUT2D eigenvalue weighted by Crippen LogP contribution is -2.22. The van der Waals surface area contributed by atoms with Gasteiger partial charge in [-0.1, -0.05) is 19.3 Å². The van der Waals surface area contributed by atoms with Crippen molar-refractivity contribution < 1.29 is 14.1 Å². The Morgan fingerprint density at radius 3 is 2.63 bits per heavy atom. The van der Waals surface area contributed by atoms with Crippen LogP contribution in [0.25, 0.3) is 0 Å². The zero-order valence-corrected chi connectivity index (χ0v) is 10.8. The molecule has 0 aromatic heterocycles. The highest BCUT2D eigenvalue weighted by molar-refractivity contribution is 5.59. The van der Waals surface area contributed by atoms with E-state index in [2.05, 4.69) is 5.32 Å². The topological polar surface area (TPSA) is 64.4 Å². The second kappa shape index (κ2) is 5.86. The summed E-state index contributed by atoms with van der Waals surface area (Å²) in [4.78, 5) is 10.1. The van der Waals surface area contributed by atoms with E-state index in [0.717, 1.165) is 31.7 Å². The molecule has 2 rings (SSSR count). The minimum absolute atomic E-state index is 0.0738. The second-order valence-corrected chi connectivity index (χ2v) is 4.74. The first-order chi connectivity index (χ1) is 9.11. The standard InChI is InChI=1S/C13H17FN2O3/c1-19-13-8-11(10(14)7-12(13)16(17)18)15-9-5-3-2-4-6-9/h7-9,15H,2-6H2,1H3. The average molecular weight is 268 g/mol. The van der Waals surface area contributed by atoms with Gasteiger partial charge in [0.2, 0.25) is 0 Å². The van der Waals surface area contributed by atoms with Crippen LogP contribution < -0.4 is 10.1 Å². The Morgan fingerprint density at radius 1 is 1.37 bits per heavy atom. The van der Waals surface area contributed by atoms with E-state index in [1.165, 1.54) is 19.6 Å². The van der Waals surface area contributed by atoms with Gasteiger partial charge in [0, 0.05) is 12.1 Å². The Hall–Kier alpha value is -1.85. The summed E-state index contributed by atoms with van der Waals surface area (Å²) in [6, 6.07) is 2.50. The van der Waals surface area contributed by atoms with Crippen LogP contribution in [-0.2, 0) is 0 Å². The summed E-state index contributed by atoms with van der Waals surface area (Å²) in [7, 11) is 1.34. The second-order valence-electron chi connectivity index (χ2n) is 4.74. The molecule has 0 radical (unpaired) electrons. The molecule has 104 valence electrons. The van der Waals surface area contributed by atoms with E-state index >= 15 is 0 Å². The third-order valence-electron chi connectivity index (χ3n) is 3.43. The minimum atomic E-state index is -0.647. The Kier molecular flexibility index (Phi) is 4.19. The smallest absolute Gasteiger partial charge is 0.313 e. The quantitative estimate of drug-likeness (QED) is 0.670. The normalized spacial score (nSPS) is 16.1. The van der Waals surface area contributed by atoms with Crippen LogP contribution in [0.3, 0.4) is 0 Å². The number of nitro groups is 1. The number of nitrogens with one attached hydrogen (secondary N) is 1. The van der Waals surface area contributed by atoms with Crippen molar-refractivity contribution in [3.63, 3.8) is 0 Å². The van der Waals surface area contributed by atoms with Crippen molar-refractivity contribution in [1.29, 1.82) is 0 Å². The van der Waals surface area contributed by atoms with Gasteiger partial charge in [0.1, 0.15) is 0 Å². The Morgan fingerprint density at radius 2 is 2.05 bits per heavy atom. The number of ether oxygens (including phenoxy) is 1. The van der Waals surface area contributed by atoms with Crippen molar-refractivity contribution in [3.05, 3.63) is 28.1 Å². The van der Waals surface area contributed by atoms with Crippen LogP contribution in [0.1, 0.15) is 32.1 Å². The third-order valence-corrected chi connectivity index (χ3v) is 3.43. The first-order valence-corrected chi connectivity index (χ1v) is 6.40. The van der Waals surface area contributed by atoms with Gasteiger partial charge in [0.05, 0.1) is 23.8 Å². The van der Waals surface area contributed by atoms with E-state index in [1.807, 2.05) is 0 Å². The van der Waals surface area contributed by atoms with Crippen LogP contribution in [0.5, 0.6) is 5.75 Å². The molecule has 19 heavy (non-hydrogen) atoms. The molecule has 0 aliphatic heterocycles. The Bertz CT molecular complexity index is 473. The zero-order chi connectivity index (χ0) is 13.8. The summed E-state index contributed by atoms with van der Waals surface area (Å²) in [6.07, 6.45) is 5.47. The number of halogens is 1. The first-order valence-electron chi connectivity index (χ1n) is 6.40. The van der Waals surface area contributed by atoms with Crippen molar-refractivity contribution in [1.82, 2.24) is 0 Å². The number of hydrogen-bond acceptors (Lipinski definition) is 4. The van der Waals surface area contributed by atoms with Gasteiger partial charge in [0.25, 0.3) is 0 Å². The van der Waals surface area contributed by atoms with Gasteiger partial charge in [-0.2, -0.15) is 0 Å². The van der Waals surface area contributed by atoms with Gasteiger partial charge in [-0.15, -0.1) is 0 Å². The number of methoxy groups -OCH3 is 1. The Labute approximate surface area is 110 Å². The molecule has 0 spiro atoms. The van der Waals surface area contributed by atoms with E-state index in [9.17, 15) is 14.5 Å². The molecule has 0 heterocycles. The molecule has 1 aliphatic carbocycles. The minimum Gasteiger partial charge on any atom is -0.490 e. The van der Waals surface area contributed by atoms with Crippen LogP contribution in [0, 0.1) is 15.9 Å². The molecular weight excluding hydrogens is 251 g/mol. The lowest BCUT2D eigenvalue weighted by atomic mass is 9.95. The molecule has 1 aliphatic rings. The molecule has 1 aromatic rings. The fraction of sp³-hybridized carbons (Fsp3) is 0.538. The number of nitrogens with zero attached hydrogens (tertiary/aromatic N) is 1. The average Bonchev–Trinajstić information content (AvgIpc) is 2.41. The first kappa shape index (κ1) is 13.6. The Balaban J connectivity index is 2.22. The molecule has 0 amide bonds. The summed E-state index contributed by atoms with van der Waals surface area (Å²) in [5.74, 6) is -0.539. The maximum Gasteiger partial charge on any atom is 0.313 e. The molecule has 0 saturated heterocycles. The SMILES string of the molecule is COc1cc(NC2CCCCC2)c(F)cc1[N+](=O)[O-]. The van der Waals surface area contributed by atoms with Crippen LogP contribution in [-0.4, -0.2) is 18.1 Å². The summed E-state index contributed by atoms with van der Waals surface area (Å²) in [5.41, 5.74) is -0.0801. The number of benzene rings is 1.